The Morgan fingerprint density at radius 2 is 1.83 bits per heavy atom. The van der Waals surface area contributed by atoms with Gasteiger partial charge in [0.15, 0.2) is 0 Å². The van der Waals surface area contributed by atoms with Crippen LogP contribution in [-0.2, 0) is 9.53 Å². The molecule has 156 valence electrons. The summed E-state index contributed by atoms with van der Waals surface area (Å²) in [6.45, 7) is 9.33. The van der Waals surface area contributed by atoms with Gasteiger partial charge < -0.3 is 9.47 Å². The number of rotatable bonds is 2. The van der Waals surface area contributed by atoms with E-state index in [2.05, 4.69) is 58.0 Å². The molecule has 1 aliphatic heterocycles. The van der Waals surface area contributed by atoms with E-state index in [1.165, 1.54) is 24.8 Å². The smallest absolute Gasteiger partial charge is 0.330 e. The van der Waals surface area contributed by atoms with Crippen LogP contribution in [-0.4, -0.2) is 18.2 Å². The lowest BCUT2D eigenvalue weighted by atomic mass is 9.47. The number of hydrogen-bond acceptors (Lipinski definition) is 3. The van der Waals surface area contributed by atoms with Gasteiger partial charge >= 0.3 is 5.97 Å². The minimum Gasteiger partial charge on any atom is -0.490 e. The Balaban J connectivity index is 1.42. The summed E-state index contributed by atoms with van der Waals surface area (Å²) in [5.41, 5.74) is 1.49. The number of carbonyl (C=O) groups is 1. The fourth-order valence-corrected chi connectivity index (χ4v) is 7.46. The molecular weight excluding hydrogens is 360 g/mol. The van der Waals surface area contributed by atoms with Gasteiger partial charge in [-0.3, -0.25) is 0 Å². The Labute approximate surface area is 174 Å². The molecule has 0 radical (unpaired) electrons. The van der Waals surface area contributed by atoms with Crippen LogP contribution >= 0.6 is 0 Å². The summed E-state index contributed by atoms with van der Waals surface area (Å²) in [4.78, 5) is 11.9. The Bertz CT molecular complexity index is 827. The average molecular weight is 395 g/mol. The molecule has 3 saturated carbocycles. The Morgan fingerprint density at radius 3 is 2.59 bits per heavy atom. The number of carbonyl (C=O) groups excluding carboxylic acids is 1. The average Bonchev–Trinajstić information content (AvgIpc) is 3.01. The highest BCUT2D eigenvalue weighted by atomic mass is 16.5. The SMILES string of the molecule is Cc1ccc(OC2CC[C@H]3[C@@H]4C(C)CC5OC(=O)C=C[C@]5(C)[C@@H]4CC[C@]23C)cc1. The number of fused-ring (bicyclic) bond motifs is 5. The molecule has 1 heterocycles. The van der Waals surface area contributed by atoms with E-state index in [9.17, 15) is 4.79 Å². The van der Waals surface area contributed by atoms with Crippen LogP contribution in [0.3, 0.4) is 0 Å². The largest absolute Gasteiger partial charge is 0.490 e. The van der Waals surface area contributed by atoms with Crippen molar-refractivity contribution in [3.05, 3.63) is 42.0 Å². The Kier molecular flexibility index (Phi) is 4.38. The van der Waals surface area contributed by atoms with Crippen LogP contribution in [0, 0.1) is 41.4 Å². The van der Waals surface area contributed by atoms with Crippen LogP contribution in [0.1, 0.15) is 58.4 Å². The summed E-state index contributed by atoms with van der Waals surface area (Å²) in [6.07, 6.45) is 10.00. The second kappa shape index (κ2) is 6.62. The van der Waals surface area contributed by atoms with Crippen molar-refractivity contribution in [2.45, 2.75) is 72.0 Å². The first kappa shape index (κ1) is 19.2. The van der Waals surface area contributed by atoms with Gasteiger partial charge in [0.1, 0.15) is 18.0 Å². The molecule has 0 N–H and O–H groups in total. The van der Waals surface area contributed by atoms with Crippen LogP contribution in [0.25, 0.3) is 0 Å². The Hall–Kier alpha value is -1.77. The first-order valence-corrected chi connectivity index (χ1v) is 11.4. The first-order valence-electron chi connectivity index (χ1n) is 11.4. The molecule has 3 unspecified atom stereocenters. The van der Waals surface area contributed by atoms with Crippen molar-refractivity contribution < 1.29 is 14.3 Å². The van der Waals surface area contributed by atoms with Crippen LogP contribution in [0.2, 0.25) is 0 Å². The third-order valence-electron chi connectivity index (χ3n) is 9.12. The Morgan fingerprint density at radius 1 is 1.07 bits per heavy atom. The van der Waals surface area contributed by atoms with Crippen molar-refractivity contribution in [3.8, 4) is 5.75 Å². The summed E-state index contributed by atoms with van der Waals surface area (Å²) in [6, 6.07) is 8.52. The van der Waals surface area contributed by atoms with Gasteiger partial charge in [-0.1, -0.05) is 44.5 Å². The van der Waals surface area contributed by atoms with E-state index in [1.54, 1.807) is 6.08 Å². The second-order valence-corrected chi connectivity index (χ2v) is 10.7. The maximum Gasteiger partial charge on any atom is 0.330 e. The lowest BCUT2D eigenvalue weighted by molar-refractivity contribution is -0.175. The molecule has 0 spiro atoms. The molecule has 1 aromatic rings. The van der Waals surface area contributed by atoms with E-state index in [1.807, 2.05) is 0 Å². The van der Waals surface area contributed by atoms with E-state index in [4.69, 9.17) is 9.47 Å². The van der Waals surface area contributed by atoms with Gasteiger partial charge in [-0.2, -0.15) is 0 Å². The maximum atomic E-state index is 11.9. The molecule has 0 saturated heterocycles. The van der Waals surface area contributed by atoms with E-state index in [0.29, 0.717) is 29.8 Å². The fraction of sp³-hybridized carbons (Fsp3) is 0.654. The van der Waals surface area contributed by atoms with Crippen molar-refractivity contribution in [1.82, 2.24) is 0 Å². The maximum absolute atomic E-state index is 11.9. The monoisotopic (exact) mass is 394 g/mol. The number of hydrogen-bond donors (Lipinski definition) is 0. The lowest BCUT2D eigenvalue weighted by Crippen LogP contribution is -2.58. The third-order valence-corrected chi connectivity index (χ3v) is 9.12. The highest BCUT2D eigenvalue weighted by Crippen LogP contribution is 2.65. The summed E-state index contributed by atoms with van der Waals surface area (Å²) in [7, 11) is 0. The zero-order valence-corrected chi connectivity index (χ0v) is 18.2. The molecule has 3 heteroatoms. The van der Waals surface area contributed by atoms with E-state index >= 15 is 0 Å². The third kappa shape index (κ3) is 2.87. The fourth-order valence-electron chi connectivity index (χ4n) is 7.46. The normalized spacial score (nSPS) is 45.7. The van der Waals surface area contributed by atoms with Crippen LogP contribution in [0.15, 0.2) is 36.4 Å². The van der Waals surface area contributed by atoms with Crippen LogP contribution in [0.5, 0.6) is 5.75 Å². The van der Waals surface area contributed by atoms with Gasteiger partial charge in [-0.05, 0) is 74.8 Å². The molecule has 0 aromatic heterocycles. The quantitative estimate of drug-likeness (QED) is 0.603. The zero-order chi connectivity index (χ0) is 20.4. The molecule has 3 fully saturated rings. The number of esters is 1. The van der Waals surface area contributed by atoms with E-state index < -0.39 is 0 Å². The van der Waals surface area contributed by atoms with Gasteiger partial charge in [0.25, 0.3) is 0 Å². The zero-order valence-electron chi connectivity index (χ0n) is 18.2. The predicted octanol–water partition coefficient (Wildman–Crippen LogP) is 5.71. The molecular formula is C26H34O3. The number of ether oxygens (including phenoxy) is 2. The first-order chi connectivity index (χ1) is 13.8. The highest BCUT2D eigenvalue weighted by Gasteiger charge is 2.62. The lowest BCUT2D eigenvalue weighted by Gasteiger charge is -2.60. The van der Waals surface area contributed by atoms with Crippen LogP contribution < -0.4 is 4.74 Å². The van der Waals surface area contributed by atoms with Gasteiger partial charge in [-0.15, -0.1) is 0 Å². The molecule has 5 rings (SSSR count). The molecule has 1 aromatic carbocycles. The summed E-state index contributed by atoms with van der Waals surface area (Å²) >= 11 is 0. The van der Waals surface area contributed by atoms with Gasteiger partial charge in [0, 0.05) is 16.9 Å². The molecule has 29 heavy (non-hydrogen) atoms. The standard InChI is InChI=1S/C26H34O3/c1-16-5-7-18(8-6-16)28-21-10-9-19-24-17(2)15-22-26(4,14-12-23(27)29-22)20(24)11-13-25(19,21)3/h5-8,12,14,17,19-22,24H,9-11,13,15H2,1-4H3/t17?,19-,20+,21?,22?,24-,25-,26+/m0/s1. The number of aryl methyl sites for hydroxylation is 1. The van der Waals surface area contributed by atoms with Crippen LogP contribution in [0.4, 0.5) is 0 Å². The second-order valence-electron chi connectivity index (χ2n) is 10.7. The molecule has 3 aliphatic carbocycles. The van der Waals surface area contributed by atoms with E-state index in [-0.39, 0.29) is 22.9 Å². The van der Waals surface area contributed by atoms with E-state index in [0.717, 1.165) is 18.6 Å². The predicted molar refractivity (Wildman–Crippen MR) is 114 cm³/mol. The minimum absolute atomic E-state index is 0.0116. The summed E-state index contributed by atoms with van der Waals surface area (Å²) < 4.78 is 12.4. The highest BCUT2D eigenvalue weighted by molar-refractivity contribution is 5.83. The van der Waals surface area contributed by atoms with Crippen molar-refractivity contribution in [3.63, 3.8) is 0 Å². The van der Waals surface area contributed by atoms with Crippen molar-refractivity contribution in [2.24, 2.45) is 34.5 Å². The molecule has 3 nitrogen and oxygen atoms in total. The molecule has 0 amide bonds. The minimum atomic E-state index is -0.161. The molecule has 0 bridgehead atoms. The van der Waals surface area contributed by atoms with Crippen molar-refractivity contribution in [2.75, 3.05) is 0 Å². The molecule has 8 atom stereocenters. The van der Waals surface area contributed by atoms with Crippen molar-refractivity contribution in [1.29, 1.82) is 0 Å². The molecule has 4 aliphatic rings. The summed E-state index contributed by atoms with van der Waals surface area (Å²) in [5, 5.41) is 0. The summed E-state index contributed by atoms with van der Waals surface area (Å²) in [5.74, 6) is 3.40. The van der Waals surface area contributed by atoms with Gasteiger partial charge in [-0.25, -0.2) is 4.79 Å². The van der Waals surface area contributed by atoms with Gasteiger partial charge in [0.05, 0.1) is 0 Å². The number of benzene rings is 1. The van der Waals surface area contributed by atoms with Gasteiger partial charge in [0.2, 0.25) is 0 Å². The topological polar surface area (TPSA) is 35.5 Å². The van der Waals surface area contributed by atoms with Crippen molar-refractivity contribution >= 4 is 5.97 Å².